The normalized spacial score (nSPS) is 13.4. The lowest BCUT2D eigenvalue weighted by Gasteiger charge is -2.14. The predicted molar refractivity (Wildman–Crippen MR) is 132 cm³/mol. The highest BCUT2D eigenvalue weighted by atomic mass is 16.5. The van der Waals surface area contributed by atoms with E-state index >= 15 is 0 Å². The van der Waals surface area contributed by atoms with Crippen molar-refractivity contribution in [2.24, 2.45) is 5.10 Å². The summed E-state index contributed by atoms with van der Waals surface area (Å²) in [5.41, 5.74) is 7.12. The van der Waals surface area contributed by atoms with Gasteiger partial charge in [0.05, 0.1) is 23.4 Å². The Labute approximate surface area is 196 Å². The maximum absolute atomic E-state index is 13.3. The van der Waals surface area contributed by atoms with Crippen LogP contribution in [0.1, 0.15) is 24.8 Å². The summed E-state index contributed by atoms with van der Waals surface area (Å²) in [6.45, 7) is 0.996. The first-order valence-electron chi connectivity index (χ1n) is 11.3. The molecule has 0 fully saturated rings. The van der Waals surface area contributed by atoms with Gasteiger partial charge in [0.2, 0.25) is 5.91 Å². The van der Waals surface area contributed by atoms with Crippen LogP contribution < -0.4 is 15.7 Å². The van der Waals surface area contributed by atoms with Crippen molar-refractivity contribution in [1.29, 1.82) is 0 Å². The largest absolute Gasteiger partial charge is 0.494 e. The lowest BCUT2D eigenvalue weighted by Crippen LogP contribution is -2.25. The smallest absolute Gasteiger partial charge is 0.277 e. The van der Waals surface area contributed by atoms with E-state index in [4.69, 9.17) is 4.74 Å². The molecule has 0 unspecified atom stereocenters. The van der Waals surface area contributed by atoms with E-state index in [0.717, 1.165) is 33.6 Å². The summed E-state index contributed by atoms with van der Waals surface area (Å²) in [5, 5.41) is 4.12. The van der Waals surface area contributed by atoms with Crippen LogP contribution in [0.15, 0.2) is 88.8 Å². The minimum atomic E-state index is -0.102. The quantitative estimate of drug-likeness (QED) is 0.427. The highest BCUT2D eigenvalue weighted by Crippen LogP contribution is 2.19. The molecule has 2 heterocycles. The van der Waals surface area contributed by atoms with Gasteiger partial charge in [-0.2, -0.15) is 5.10 Å². The summed E-state index contributed by atoms with van der Waals surface area (Å²) in [7, 11) is 0. The fourth-order valence-electron chi connectivity index (χ4n) is 4.04. The van der Waals surface area contributed by atoms with Crippen molar-refractivity contribution in [1.82, 2.24) is 15.0 Å². The van der Waals surface area contributed by atoms with E-state index in [1.807, 2.05) is 78.9 Å². The molecule has 170 valence electrons. The van der Waals surface area contributed by atoms with E-state index in [2.05, 4.69) is 15.5 Å². The van der Waals surface area contributed by atoms with E-state index in [9.17, 15) is 9.59 Å². The third-order valence-corrected chi connectivity index (χ3v) is 5.79. The Morgan fingerprint density at radius 3 is 2.38 bits per heavy atom. The molecule has 1 amide bonds. The first kappa shape index (κ1) is 21.6. The first-order chi connectivity index (χ1) is 16.7. The maximum Gasteiger partial charge on any atom is 0.277 e. The van der Waals surface area contributed by atoms with Gasteiger partial charge in [-0.3, -0.25) is 9.59 Å². The van der Waals surface area contributed by atoms with Crippen LogP contribution in [0.5, 0.6) is 5.75 Å². The van der Waals surface area contributed by atoms with E-state index < -0.39 is 0 Å². The summed E-state index contributed by atoms with van der Waals surface area (Å²) in [5.74, 6) is 0.696. The molecule has 0 radical (unpaired) electrons. The van der Waals surface area contributed by atoms with E-state index in [-0.39, 0.29) is 11.5 Å². The number of rotatable bonds is 7. The number of hydrogen-bond donors (Lipinski definition) is 1. The van der Waals surface area contributed by atoms with Crippen LogP contribution in [-0.4, -0.2) is 27.8 Å². The van der Waals surface area contributed by atoms with E-state index in [1.54, 1.807) is 4.57 Å². The second kappa shape index (κ2) is 9.70. The Hall–Kier alpha value is -4.26. The number of nitrogens with zero attached hydrogens (tertiary/aromatic N) is 3. The molecule has 0 spiro atoms. The minimum absolute atomic E-state index is 0.0549. The molecule has 5 rings (SSSR count). The van der Waals surface area contributed by atoms with Gasteiger partial charge in [0.1, 0.15) is 11.4 Å². The molecule has 1 N–H and O–H groups in total. The zero-order chi connectivity index (χ0) is 23.3. The third kappa shape index (κ3) is 4.59. The Kier molecular flexibility index (Phi) is 6.16. The van der Waals surface area contributed by atoms with Gasteiger partial charge < -0.3 is 9.30 Å². The lowest BCUT2D eigenvalue weighted by atomic mass is 10.0. The Morgan fingerprint density at radius 1 is 0.853 bits per heavy atom. The van der Waals surface area contributed by atoms with Crippen LogP contribution >= 0.6 is 0 Å². The molecule has 0 atom stereocenters. The Morgan fingerprint density at radius 2 is 1.62 bits per heavy atom. The first-order valence-corrected chi connectivity index (χ1v) is 11.3. The number of benzene rings is 3. The van der Waals surface area contributed by atoms with Crippen molar-refractivity contribution in [2.75, 3.05) is 6.61 Å². The number of aryl methyl sites for hydroxylation is 1. The number of ether oxygens (including phenoxy) is 1. The van der Waals surface area contributed by atoms with E-state index in [0.29, 0.717) is 38.1 Å². The van der Waals surface area contributed by atoms with Crippen LogP contribution in [-0.2, 0) is 11.3 Å². The second-order valence-corrected chi connectivity index (χ2v) is 8.09. The standard InChI is InChI=1S/C27H24N4O3/c32-25-16-15-22(29-30-25)19-11-13-21(14-12-19)34-18-6-17-31-24-10-5-4-9-23(24)28-26(27(31)33)20-7-2-1-3-8-20/h1-5,7-14H,6,15-18H2,(H,30,32). The fourth-order valence-corrected chi connectivity index (χ4v) is 4.04. The molecule has 0 saturated heterocycles. The molecular weight excluding hydrogens is 428 g/mol. The minimum Gasteiger partial charge on any atom is -0.494 e. The SMILES string of the molecule is O=C1CCC(c2ccc(OCCCn3c(=O)c(-c4ccccc4)nc4ccccc43)cc2)=NN1. The van der Waals surface area contributed by atoms with Gasteiger partial charge in [-0.15, -0.1) is 0 Å². The third-order valence-electron chi connectivity index (χ3n) is 5.79. The monoisotopic (exact) mass is 452 g/mol. The molecule has 0 bridgehead atoms. The zero-order valence-corrected chi connectivity index (χ0v) is 18.6. The molecule has 1 aliphatic heterocycles. The summed E-state index contributed by atoms with van der Waals surface area (Å²) in [4.78, 5) is 29.2. The van der Waals surface area contributed by atoms with Gasteiger partial charge in [0.15, 0.2) is 0 Å². The number of fused-ring (bicyclic) bond motifs is 1. The van der Waals surface area contributed by atoms with Gasteiger partial charge in [-0.25, -0.2) is 10.4 Å². The van der Waals surface area contributed by atoms with Crippen molar-refractivity contribution >= 4 is 22.7 Å². The Bertz CT molecular complexity index is 1410. The number of aromatic nitrogens is 2. The highest BCUT2D eigenvalue weighted by molar-refractivity contribution is 6.04. The molecule has 1 aliphatic rings. The zero-order valence-electron chi connectivity index (χ0n) is 18.6. The van der Waals surface area contributed by atoms with Crippen molar-refractivity contribution < 1.29 is 9.53 Å². The van der Waals surface area contributed by atoms with Crippen LogP contribution in [0, 0.1) is 0 Å². The molecule has 3 aromatic carbocycles. The van der Waals surface area contributed by atoms with Crippen molar-refractivity contribution in [3.8, 4) is 17.0 Å². The number of carbonyl (C=O) groups excluding carboxylic acids is 1. The van der Waals surface area contributed by atoms with Gasteiger partial charge in [0.25, 0.3) is 5.56 Å². The number of hydrogen-bond acceptors (Lipinski definition) is 5. The summed E-state index contributed by atoms with van der Waals surface area (Å²) >= 11 is 0. The second-order valence-electron chi connectivity index (χ2n) is 8.09. The Balaban J connectivity index is 1.28. The van der Waals surface area contributed by atoms with Crippen molar-refractivity contribution in [3.63, 3.8) is 0 Å². The number of carbonyl (C=O) groups is 1. The number of hydrazone groups is 1. The van der Waals surface area contributed by atoms with Crippen LogP contribution in [0.3, 0.4) is 0 Å². The molecule has 0 saturated carbocycles. The van der Waals surface area contributed by atoms with Gasteiger partial charge in [-0.1, -0.05) is 42.5 Å². The highest BCUT2D eigenvalue weighted by Gasteiger charge is 2.14. The van der Waals surface area contributed by atoms with Crippen molar-refractivity contribution in [2.45, 2.75) is 25.8 Å². The summed E-state index contributed by atoms with van der Waals surface area (Å²) in [6.07, 6.45) is 1.75. The van der Waals surface area contributed by atoms with Crippen LogP contribution in [0.25, 0.3) is 22.3 Å². The van der Waals surface area contributed by atoms with Gasteiger partial charge >= 0.3 is 0 Å². The average molecular weight is 453 g/mol. The summed E-state index contributed by atoms with van der Waals surface area (Å²) in [6, 6.07) is 24.9. The lowest BCUT2D eigenvalue weighted by molar-refractivity contribution is -0.121. The number of para-hydroxylation sites is 2. The van der Waals surface area contributed by atoms with Gasteiger partial charge in [0, 0.05) is 24.9 Å². The maximum atomic E-state index is 13.3. The van der Waals surface area contributed by atoms with Gasteiger partial charge in [-0.05, 0) is 48.4 Å². The molecule has 34 heavy (non-hydrogen) atoms. The van der Waals surface area contributed by atoms with Crippen LogP contribution in [0.4, 0.5) is 0 Å². The van der Waals surface area contributed by atoms with E-state index in [1.165, 1.54) is 0 Å². The van der Waals surface area contributed by atoms with Crippen molar-refractivity contribution in [3.05, 3.63) is 94.8 Å². The molecular formula is C27H24N4O3. The topological polar surface area (TPSA) is 85.6 Å². The van der Waals surface area contributed by atoms with Crippen LogP contribution in [0.2, 0.25) is 0 Å². The molecule has 0 aliphatic carbocycles. The predicted octanol–water partition coefficient (Wildman–Crippen LogP) is 4.15. The number of amides is 1. The summed E-state index contributed by atoms with van der Waals surface area (Å²) < 4.78 is 7.70. The number of nitrogens with one attached hydrogen (secondary N) is 1. The molecule has 4 aromatic rings. The molecule has 1 aromatic heterocycles. The fraction of sp³-hybridized carbons (Fsp3) is 0.185. The molecule has 7 nitrogen and oxygen atoms in total. The average Bonchev–Trinajstić information content (AvgIpc) is 2.89. The molecule has 7 heteroatoms.